The van der Waals surface area contributed by atoms with Crippen molar-refractivity contribution >= 4 is 11.8 Å². The zero-order chi connectivity index (χ0) is 16.2. The number of hydrogen-bond acceptors (Lipinski definition) is 4. The molecular weight excluding hydrogens is 292 g/mol. The van der Waals surface area contributed by atoms with Crippen LogP contribution in [-0.2, 0) is 9.59 Å². The maximum Gasteiger partial charge on any atom is 0.235 e. The number of benzene rings is 1. The van der Waals surface area contributed by atoms with Gasteiger partial charge in [-0.3, -0.25) is 19.9 Å². The largest absolute Gasteiger partial charge is 0.340 e. The van der Waals surface area contributed by atoms with Crippen LogP contribution in [0.4, 0.5) is 0 Å². The molecule has 2 saturated heterocycles. The highest BCUT2D eigenvalue weighted by Gasteiger charge is 2.36. The van der Waals surface area contributed by atoms with Gasteiger partial charge in [0.05, 0.1) is 6.04 Å². The minimum atomic E-state index is 0.0224. The van der Waals surface area contributed by atoms with Crippen LogP contribution in [0.15, 0.2) is 30.3 Å². The molecule has 2 N–H and O–H groups in total. The highest BCUT2D eigenvalue weighted by molar-refractivity contribution is 5.77. The first-order valence-corrected chi connectivity index (χ1v) is 8.30. The summed E-state index contributed by atoms with van der Waals surface area (Å²) < 4.78 is 0. The topological polar surface area (TPSA) is 64.7 Å². The van der Waals surface area contributed by atoms with Gasteiger partial charge in [0.25, 0.3) is 0 Å². The summed E-state index contributed by atoms with van der Waals surface area (Å²) >= 11 is 0. The molecule has 2 amide bonds. The van der Waals surface area contributed by atoms with Crippen LogP contribution >= 0.6 is 0 Å². The number of hydrazine groups is 1. The van der Waals surface area contributed by atoms with Gasteiger partial charge in [-0.15, -0.1) is 0 Å². The zero-order valence-electron chi connectivity index (χ0n) is 13.5. The molecule has 124 valence electrons. The molecule has 0 radical (unpaired) electrons. The Hall–Kier alpha value is -1.92. The smallest absolute Gasteiger partial charge is 0.235 e. The van der Waals surface area contributed by atoms with Crippen molar-refractivity contribution in [3.63, 3.8) is 0 Å². The lowest BCUT2D eigenvalue weighted by Gasteiger charge is -2.44. The Balaban J connectivity index is 1.71. The summed E-state index contributed by atoms with van der Waals surface area (Å²) in [7, 11) is 0. The first kappa shape index (κ1) is 16.0. The second-order valence-corrected chi connectivity index (χ2v) is 6.12. The van der Waals surface area contributed by atoms with Crippen LogP contribution in [0.1, 0.15) is 31.4 Å². The van der Waals surface area contributed by atoms with Gasteiger partial charge >= 0.3 is 0 Å². The lowest BCUT2D eigenvalue weighted by molar-refractivity contribution is -0.134. The molecule has 3 rings (SSSR count). The number of nitrogens with zero attached hydrogens (tertiary/aromatic N) is 2. The van der Waals surface area contributed by atoms with Gasteiger partial charge in [-0.05, 0) is 5.56 Å². The first-order chi connectivity index (χ1) is 11.2. The van der Waals surface area contributed by atoms with Gasteiger partial charge in [-0.1, -0.05) is 37.3 Å². The third-order valence-corrected chi connectivity index (χ3v) is 4.74. The number of nitrogens with one attached hydrogen (secondary N) is 2. The Labute approximate surface area is 136 Å². The molecule has 0 bridgehead atoms. The molecule has 0 aromatic heterocycles. The lowest BCUT2D eigenvalue weighted by Crippen LogP contribution is -2.60. The zero-order valence-corrected chi connectivity index (χ0v) is 13.5. The molecule has 0 saturated carbocycles. The molecule has 6 nitrogen and oxygen atoms in total. The van der Waals surface area contributed by atoms with Crippen molar-refractivity contribution < 1.29 is 9.59 Å². The highest BCUT2D eigenvalue weighted by atomic mass is 16.2. The van der Waals surface area contributed by atoms with Crippen LogP contribution in [0.2, 0.25) is 0 Å². The SMILES string of the molecule is CCC(=O)N1CCN(C2CC(=O)NNC2c2ccccc2)CC1. The number of hydrogen-bond donors (Lipinski definition) is 2. The summed E-state index contributed by atoms with van der Waals surface area (Å²) in [6.45, 7) is 5.01. The Morgan fingerprint density at radius 2 is 1.87 bits per heavy atom. The number of amides is 2. The van der Waals surface area contributed by atoms with E-state index in [2.05, 4.69) is 27.9 Å². The van der Waals surface area contributed by atoms with Crippen LogP contribution in [0.3, 0.4) is 0 Å². The monoisotopic (exact) mass is 316 g/mol. The molecule has 2 aliphatic heterocycles. The van der Waals surface area contributed by atoms with Crippen LogP contribution < -0.4 is 10.9 Å². The van der Waals surface area contributed by atoms with Gasteiger partial charge in [-0.25, -0.2) is 5.43 Å². The van der Waals surface area contributed by atoms with Crippen molar-refractivity contribution in [2.75, 3.05) is 26.2 Å². The minimum absolute atomic E-state index is 0.0224. The van der Waals surface area contributed by atoms with E-state index in [4.69, 9.17) is 0 Å². The summed E-state index contributed by atoms with van der Waals surface area (Å²) in [5.41, 5.74) is 7.08. The summed E-state index contributed by atoms with van der Waals surface area (Å²) in [6.07, 6.45) is 1.04. The molecule has 2 fully saturated rings. The standard InChI is InChI=1S/C17H24N4O2/c1-2-16(23)21-10-8-20(9-11-21)14-12-15(22)18-19-17(14)13-6-4-3-5-7-13/h3-7,14,17,19H,2,8-12H2,1H3,(H,18,22). The molecule has 2 unspecified atom stereocenters. The molecule has 1 aromatic rings. The van der Waals surface area contributed by atoms with Crippen LogP contribution in [-0.4, -0.2) is 53.8 Å². The predicted octanol–water partition coefficient (Wildman–Crippen LogP) is 0.675. The van der Waals surface area contributed by atoms with E-state index >= 15 is 0 Å². The Kier molecular flexibility index (Phi) is 4.93. The lowest BCUT2D eigenvalue weighted by atomic mass is 9.93. The average Bonchev–Trinajstić information content (AvgIpc) is 2.62. The van der Waals surface area contributed by atoms with E-state index in [9.17, 15) is 9.59 Å². The third kappa shape index (κ3) is 3.54. The Morgan fingerprint density at radius 3 is 2.52 bits per heavy atom. The van der Waals surface area contributed by atoms with Gasteiger partial charge in [0.1, 0.15) is 0 Å². The Bertz CT molecular complexity index is 555. The summed E-state index contributed by atoms with van der Waals surface area (Å²) in [6, 6.07) is 10.4. The van der Waals surface area contributed by atoms with Crippen molar-refractivity contribution in [1.29, 1.82) is 0 Å². The van der Waals surface area contributed by atoms with Crippen LogP contribution in [0.25, 0.3) is 0 Å². The average molecular weight is 316 g/mol. The van der Waals surface area contributed by atoms with Crippen molar-refractivity contribution in [2.24, 2.45) is 0 Å². The number of carbonyl (C=O) groups excluding carboxylic acids is 2. The fourth-order valence-electron chi connectivity index (χ4n) is 3.45. The summed E-state index contributed by atoms with van der Waals surface area (Å²) in [4.78, 5) is 27.9. The number of piperazine rings is 1. The van der Waals surface area contributed by atoms with Gasteiger partial charge in [0.15, 0.2) is 0 Å². The predicted molar refractivity (Wildman–Crippen MR) is 87.3 cm³/mol. The molecular formula is C17H24N4O2. The van der Waals surface area contributed by atoms with E-state index in [1.54, 1.807) is 0 Å². The molecule has 2 heterocycles. The number of carbonyl (C=O) groups is 2. The van der Waals surface area contributed by atoms with E-state index in [0.29, 0.717) is 12.8 Å². The van der Waals surface area contributed by atoms with E-state index in [1.807, 2.05) is 30.0 Å². The second kappa shape index (κ2) is 7.10. The van der Waals surface area contributed by atoms with E-state index in [1.165, 1.54) is 5.56 Å². The van der Waals surface area contributed by atoms with Crippen molar-refractivity contribution in [3.05, 3.63) is 35.9 Å². The van der Waals surface area contributed by atoms with Gasteiger partial charge in [-0.2, -0.15) is 0 Å². The van der Waals surface area contributed by atoms with Gasteiger partial charge < -0.3 is 4.90 Å². The summed E-state index contributed by atoms with van der Waals surface area (Å²) in [5, 5.41) is 0. The fraction of sp³-hybridized carbons (Fsp3) is 0.529. The van der Waals surface area contributed by atoms with Gasteiger partial charge in [0, 0.05) is 45.1 Å². The fourth-order valence-corrected chi connectivity index (χ4v) is 3.45. The van der Waals surface area contributed by atoms with E-state index in [-0.39, 0.29) is 23.9 Å². The third-order valence-electron chi connectivity index (χ3n) is 4.74. The van der Waals surface area contributed by atoms with Crippen LogP contribution in [0, 0.1) is 0 Å². The van der Waals surface area contributed by atoms with Crippen molar-refractivity contribution in [2.45, 2.75) is 31.8 Å². The molecule has 6 heteroatoms. The maximum absolute atomic E-state index is 11.8. The van der Waals surface area contributed by atoms with E-state index in [0.717, 1.165) is 26.2 Å². The molecule has 0 aliphatic carbocycles. The Morgan fingerprint density at radius 1 is 1.17 bits per heavy atom. The molecule has 2 atom stereocenters. The quantitative estimate of drug-likeness (QED) is 0.860. The highest BCUT2D eigenvalue weighted by Crippen LogP contribution is 2.26. The molecule has 2 aliphatic rings. The molecule has 1 aromatic carbocycles. The molecule has 0 spiro atoms. The van der Waals surface area contributed by atoms with E-state index < -0.39 is 0 Å². The number of rotatable bonds is 3. The normalized spacial score (nSPS) is 26.0. The molecule has 23 heavy (non-hydrogen) atoms. The first-order valence-electron chi connectivity index (χ1n) is 8.30. The van der Waals surface area contributed by atoms with Crippen molar-refractivity contribution in [1.82, 2.24) is 20.7 Å². The second-order valence-electron chi connectivity index (χ2n) is 6.12. The summed E-state index contributed by atoms with van der Waals surface area (Å²) in [5.74, 6) is 0.234. The van der Waals surface area contributed by atoms with Crippen LogP contribution in [0.5, 0.6) is 0 Å². The van der Waals surface area contributed by atoms with Crippen molar-refractivity contribution in [3.8, 4) is 0 Å². The minimum Gasteiger partial charge on any atom is -0.340 e. The maximum atomic E-state index is 11.8. The van der Waals surface area contributed by atoms with Gasteiger partial charge in [0.2, 0.25) is 11.8 Å².